The predicted molar refractivity (Wildman–Crippen MR) is 216 cm³/mol. The maximum atomic E-state index is 11.9. The van der Waals surface area contributed by atoms with Gasteiger partial charge in [0.05, 0.1) is 9.75 Å². The molecule has 0 bridgehead atoms. The number of fused-ring (bicyclic) bond motifs is 2. The lowest BCUT2D eigenvalue weighted by Gasteiger charge is -2.14. The van der Waals surface area contributed by atoms with Gasteiger partial charge in [-0.25, -0.2) is 9.59 Å². The quantitative estimate of drug-likeness (QED) is 0.0614. The zero-order valence-electron chi connectivity index (χ0n) is 30.3. The monoisotopic (exact) mass is 780 g/mol. The van der Waals surface area contributed by atoms with E-state index in [-0.39, 0.29) is 9.85 Å². The van der Waals surface area contributed by atoms with Crippen molar-refractivity contribution in [1.82, 2.24) is 0 Å². The topological polar surface area (TPSA) is 170 Å². The lowest BCUT2D eigenvalue weighted by atomic mass is 9.95. The van der Waals surface area contributed by atoms with Gasteiger partial charge in [0.2, 0.25) is 12.1 Å². The van der Waals surface area contributed by atoms with Gasteiger partial charge in [-0.1, -0.05) is 84.4 Å². The van der Waals surface area contributed by atoms with Crippen LogP contribution in [0.15, 0.2) is 108 Å². The first-order valence-electron chi connectivity index (χ1n) is 17.5. The van der Waals surface area contributed by atoms with Crippen molar-refractivity contribution >= 4 is 54.8 Å². The summed E-state index contributed by atoms with van der Waals surface area (Å²) in [6, 6.07) is 19.2. The molecule has 2 aromatic carbocycles. The van der Waals surface area contributed by atoms with Gasteiger partial charge in [0, 0.05) is 57.1 Å². The molecule has 2 aliphatic rings. The van der Waals surface area contributed by atoms with Crippen LogP contribution in [0.25, 0.3) is 20.2 Å². The highest BCUT2D eigenvalue weighted by molar-refractivity contribution is 7.19. The summed E-state index contributed by atoms with van der Waals surface area (Å²) in [4.78, 5) is 44.9. The zero-order chi connectivity index (χ0) is 39.7. The Bertz CT molecular complexity index is 2190. The third kappa shape index (κ3) is 14.5. The molecule has 2 heterocycles. The largest absolute Gasteiger partial charge is 0.478 e. The van der Waals surface area contributed by atoms with Gasteiger partial charge in [0.15, 0.2) is 6.10 Å². The molecule has 0 fully saturated rings. The minimum Gasteiger partial charge on any atom is -0.478 e. The number of hydrogen-bond donors (Lipinski definition) is 2. The number of carbonyl (C=O) groups is 2. The molecule has 2 N–H and O–H groups in total. The number of thiophene rings is 2. The first-order chi connectivity index (χ1) is 26.4. The number of esters is 1. The fourth-order valence-electron chi connectivity index (χ4n) is 5.50. The third-order valence-electron chi connectivity index (χ3n) is 8.17. The van der Waals surface area contributed by atoms with E-state index in [4.69, 9.17) is 14.9 Å². The number of carbonyl (C=O) groups excluding carboxylic acids is 1. The van der Waals surface area contributed by atoms with E-state index >= 15 is 0 Å². The van der Waals surface area contributed by atoms with Crippen LogP contribution in [0.4, 0.5) is 0 Å². The molecule has 2 unspecified atom stereocenters. The highest BCUT2D eigenvalue weighted by Crippen LogP contribution is 2.26. The summed E-state index contributed by atoms with van der Waals surface area (Å²) in [5.74, 6) is 10.1. The molecular formula is C42H40N2O9S2. The second kappa shape index (κ2) is 21.1. The summed E-state index contributed by atoms with van der Waals surface area (Å²) in [5, 5.41) is 41.1. The molecule has 0 aliphatic heterocycles. The maximum absolute atomic E-state index is 11.9. The van der Waals surface area contributed by atoms with E-state index in [9.17, 15) is 29.8 Å². The number of aliphatic carboxylic acids is 1. The fraction of sp³-hybridized carbons (Fsp3) is 0.286. The molecule has 0 saturated heterocycles. The van der Waals surface area contributed by atoms with E-state index in [0.717, 1.165) is 32.4 Å². The first kappa shape index (κ1) is 41.9. The molecule has 4 aromatic rings. The van der Waals surface area contributed by atoms with Gasteiger partial charge in [0.1, 0.15) is 6.10 Å². The van der Waals surface area contributed by atoms with Gasteiger partial charge < -0.3 is 14.9 Å². The van der Waals surface area contributed by atoms with Crippen LogP contribution in [0.2, 0.25) is 0 Å². The summed E-state index contributed by atoms with van der Waals surface area (Å²) in [7, 11) is 0. The van der Waals surface area contributed by atoms with Crippen LogP contribution in [-0.2, 0) is 14.3 Å². The Kier molecular flexibility index (Phi) is 16.1. The van der Waals surface area contributed by atoms with Crippen LogP contribution in [0.3, 0.4) is 0 Å². The zero-order valence-corrected chi connectivity index (χ0v) is 31.9. The van der Waals surface area contributed by atoms with E-state index in [1.54, 1.807) is 42.6 Å². The second-order valence-corrected chi connectivity index (χ2v) is 14.8. The molecular weight excluding hydrogens is 741 g/mol. The van der Waals surface area contributed by atoms with Gasteiger partial charge in [0.25, 0.3) is 0 Å². The Morgan fingerprint density at radius 2 is 1.27 bits per heavy atom. The van der Waals surface area contributed by atoms with Crippen molar-refractivity contribution in [2.75, 3.05) is 0 Å². The molecule has 6 rings (SSSR count). The van der Waals surface area contributed by atoms with Crippen LogP contribution >= 0.6 is 22.7 Å². The lowest BCUT2D eigenvalue weighted by molar-refractivity contribution is -0.523. The number of allylic oxidation sites excluding steroid dienone is 4. The van der Waals surface area contributed by atoms with Crippen molar-refractivity contribution < 1.29 is 34.4 Å². The van der Waals surface area contributed by atoms with Crippen molar-refractivity contribution in [3.05, 3.63) is 138 Å². The number of nitro groups is 2. The molecule has 0 amide bonds. The molecule has 4 atom stereocenters. The third-order valence-corrected chi connectivity index (χ3v) is 10.2. The van der Waals surface area contributed by atoms with E-state index < -0.39 is 36.2 Å². The standard InChI is InChI=1S/C21H19NO4S.C12H10OS.C9H11NO4/c1-15(9-11-19-14-17-6-2-3-8-20(17)27-19)26-21(23)12-10-16-5-4-7-18(13-16)22(24)25;1-9(13)6-7-11-8-10-4-2-3-5-12(10)14-11;11-9(12)5-4-7-2-1-3-8(6-7)10(13)14/h2-3,5-6,8,10,12,14-15,18H,4,7,13H2,1H3;2-5,8-9,13H,1H3;2,4-5,8H,1,3,6H2,(H,11,12)/b12-10+;;5-4+/t15-,18?;9-;/m11./s1. The number of carboxylic acid groups (broad SMARTS) is 1. The molecule has 0 radical (unpaired) electrons. The van der Waals surface area contributed by atoms with Crippen LogP contribution in [-0.4, -0.2) is 56.3 Å². The summed E-state index contributed by atoms with van der Waals surface area (Å²) in [6.07, 6.45) is 11.1. The van der Waals surface area contributed by atoms with E-state index in [1.165, 1.54) is 26.9 Å². The van der Waals surface area contributed by atoms with E-state index in [1.807, 2.05) is 54.6 Å². The first-order valence-corrected chi connectivity index (χ1v) is 19.1. The Morgan fingerprint density at radius 3 is 1.73 bits per heavy atom. The number of carboxylic acids is 1. The highest BCUT2D eigenvalue weighted by Gasteiger charge is 2.24. The molecule has 55 heavy (non-hydrogen) atoms. The van der Waals surface area contributed by atoms with Gasteiger partial charge in [-0.05, 0) is 72.9 Å². The molecule has 0 saturated carbocycles. The minimum absolute atomic E-state index is 0.259. The second-order valence-electron chi connectivity index (χ2n) is 12.6. The molecule has 0 spiro atoms. The lowest BCUT2D eigenvalue weighted by Crippen LogP contribution is -2.22. The van der Waals surface area contributed by atoms with Crippen LogP contribution in [0.5, 0.6) is 0 Å². The number of rotatable bonds is 7. The summed E-state index contributed by atoms with van der Waals surface area (Å²) >= 11 is 3.25. The number of ether oxygens (including phenoxy) is 1. The average Bonchev–Trinajstić information content (AvgIpc) is 3.79. The molecule has 284 valence electrons. The van der Waals surface area contributed by atoms with Gasteiger partial charge in [-0.15, -0.1) is 22.7 Å². The van der Waals surface area contributed by atoms with Gasteiger partial charge in [-0.3, -0.25) is 20.2 Å². The van der Waals surface area contributed by atoms with Gasteiger partial charge >= 0.3 is 11.9 Å². The SMILES string of the molecule is C[C@@H](O)C#Cc1cc2ccccc2s1.C[C@H](C#Cc1cc2ccccc2s1)OC(=O)/C=C/C1=CCCC([N+](=O)[O-])C1.O=C(O)/C=C/C1=CCCC([N+](=O)[O-])C1. The van der Waals surface area contributed by atoms with E-state index in [2.05, 4.69) is 41.9 Å². The highest BCUT2D eigenvalue weighted by atomic mass is 32.1. The molecule has 13 heteroatoms. The number of aliphatic hydroxyl groups excluding tert-OH is 1. The summed E-state index contributed by atoms with van der Waals surface area (Å²) in [6.45, 7) is 3.38. The Hall–Kier alpha value is -5.86. The Morgan fingerprint density at radius 1 is 0.800 bits per heavy atom. The normalized spacial score (nSPS) is 17.4. The smallest absolute Gasteiger partial charge is 0.331 e. The predicted octanol–water partition coefficient (Wildman–Crippen LogP) is 8.51. The summed E-state index contributed by atoms with van der Waals surface area (Å²) in [5.41, 5.74) is 1.53. The minimum atomic E-state index is -1.03. The number of hydrogen-bond acceptors (Lipinski definition) is 10. The van der Waals surface area contributed by atoms with E-state index in [0.29, 0.717) is 38.5 Å². The van der Waals surface area contributed by atoms with Crippen molar-refractivity contribution in [3.63, 3.8) is 0 Å². The van der Waals surface area contributed by atoms with Gasteiger partial charge in [-0.2, -0.15) is 0 Å². The Labute approximate surface area is 326 Å². The van der Waals surface area contributed by atoms with Crippen molar-refractivity contribution in [1.29, 1.82) is 0 Å². The van der Waals surface area contributed by atoms with Crippen molar-refractivity contribution in [2.45, 2.75) is 76.7 Å². The van der Waals surface area contributed by atoms with Crippen LogP contribution in [0, 0.1) is 43.9 Å². The Balaban J connectivity index is 0.000000202. The molecule has 2 aromatic heterocycles. The average molecular weight is 781 g/mol. The van der Waals surface area contributed by atoms with Crippen molar-refractivity contribution in [3.8, 4) is 23.7 Å². The summed E-state index contributed by atoms with van der Waals surface area (Å²) < 4.78 is 7.66. The molecule has 11 nitrogen and oxygen atoms in total. The molecule has 2 aliphatic carbocycles. The van der Waals surface area contributed by atoms with Crippen LogP contribution in [0.1, 0.15) is 62.1 Å². The van der Waals surface area contributed by atoms with Crippen LogP contribution < -0.4 is 0 Å². The van der Waals surface area contributed by atoms with Crippen molar-refractivity contribution in [2.24, 2.45) is 0 Å². The number of nitrogens with zero attached hydrogens (tertiary/aromatic N) is 2. The maximum Gasteiger partial charge on any atom is 0.331 e. The number of aliphatic hydroxyl groups is 1. The fourth-order valence-corrected chi connectivity index (χ4v) is 7.35. The number of benzene rings is 2.